The van der Waals surface area contributed by atoms with Crippen molar-refractivity contribution in [1.82, 2.24) is 0 Å². The van der Waals surface area contributed by atoms with E-state index in [9.17, 15) is 19.2 Å². The molecule has 0 spiro atoms. The van der Waals surface area contributed by atoms with Crippen LogP contribution in [0.15, 0.2) is 11.6 Å². The van der Waals surface area contributed by atoms with E-state index in [4.69, 9.17) is 9.47 Å². The number of carbonyl (C=O) groups is 4. The van der Waals surface area contributed by atoms with E-state index >= 15 is 0 Å². The zero-order valence-electron chi connectivity index (χ0n) is 25.2. The van der Waals surface area contributed by atoms with Crippen molar-refractivity contribution in [3.05, 3.63) is 11.6 Å². The second kappa shape index (κ2) is 9.01. The highest BCUT2D eigenvalue weighted by atomic mass is 16.5. The maximum absolute atomic E-state index is 13.5. The minimum Gasteiger partial charge on any atom is -0.469 e. The van der Waals surface area contributed by atoms with Crippen LogP contribution in [0, 0.1) is 56.7 Å². The smallest absolute Gasteiger partial charge is 0.312 e. The van der Waals surface area contributed by atoms with Crippen molar-refractivity contribution in [2.75, 3.05) is 7.11 Å². The third-order valence-corrected chi connectivity index (χ3v) is 13.6. The molecule has 0 saturated heterocycles. The minimum absolute atomic E-state index is 0.0473. The zero-order valence-corrected chi connectivity index (χ0v) is 25.2. The van der Waals surface area contributed by atoms with Gasteiger partial charge in [0.15, 0.2) is 11.9 Å². The molecule has 0 heterocycles. The average Bonchev–Trinajstić information content (AvgIpc) is 2.88. The van der Waals surface area contributed by atoms with Crippen LogP contribution in [-0.2, 0) is 28.7 Å². The Morgan fingerprint density at radius 3 is 2.31 bits per heavy atom. The molecule has 0 aromatic rings. The van der Waals surface area contributed by atoms with Crippen molar-refractivity contribution in [3.63, 3.8) is 0 Å². The number of aldehydes is 1. The zero-order chi connectivity index (χ0) is 28.8. The highest BCUT2D eigenvalue weighted by molar-refractivity contribution is 6.02. The van der Waals surface area contributed by atoms with E-state index in [0.717, 1.165) is 51.2 Å². The van der Waals surface area contributed by atoms with Crippen molar-refractivity contribution >= 4 is 24.0 Å². The fraction of sp³-hybridized carbons (Fsp3) is 0.818. The molecule has 0 aromatic heterocycles. The van der Waals surface area contributed by atoms with Gasteiger partial charge < -0.3 is 14.3 Å². The summed E-state index contributed by atoms with van der Waals surface area (Å²) >= 11 is 0. The van der Waals surface area contributed by atoms with Crippen LogP contribution in [-0.4, -0.2) is 37.2 Å². The van der Waals surface area contributed by atoms with Gasteiger partial charge in [0.2, 0.25) is 0 Å². The van der Waals surface area contributed by atoms with Gasteiger partial charge in [-0.15, -0.1) is 0 Å². The minimum atomic E-state index is -1.17. The van der Waals surface area contributed by atoms with Gasteiger partial charge in [-0.25, -0.2) is 0 Å². The van der Waals surface area contributed by atoms with E-state index in [-0.39, 0.29) is 45.8 Å². The maximum atomic E-state index is 13.5. The van der Waals surface area contributed by atoms with E-state index in [1.807, 2.05) is 0 Å². The van der Waals surface area contributed by atoms with Crippen LogP contribution >= 0.6 is 0 Å². The molecular formula is C33H48O6. The SMILES string of the molecule is COC(=O)[C@]12CC[C@@H](C)[C@H](C)[C@H]1C1=CC[C@@H]3[C@@]4(C)C[C@@H](OC(C)=O)C(=O)[C@@](C)(C=O)[C@@H]4CC[C@@]3(C)[C@]1(C)CC2. The number of carbonyl (C=O) groups excluding carboxylic acids is 4. The molecule has 4 saturated carbocycles. The first kappa shape index (κ1) is 28.5. The third-order valence-electron chi connectivity index (χ3n) is 13.6. The Balaban J connectivity index is 1.63. The van der Waals surface area contributed by atoms with Crippen LogP contribution in [0.4, 0.5) is 0 Å². The fourth-order valence-electron chi connectivity index (χ4n) is 11.1. The summed E-state index contributed by atoms with van der Waals surface area (Å²) in [6, 6.07) is 0. The van der Waals surface area contributed by atoms with Gasteiger partial charge >= 0.3 is 11.9 Å². The number of ketones is 1. The van der Waals surface area contributed by atoms with E-state index in [0.29, 0.717) is 18.3 Å². The highest BCUT2D eigenvalue weighted by Crippen LogP contribution is 2.75. The molecule has 0 N–H and O–H groups in total. The van der Waals surface area contributed by atoms with Gasteiger partial charge in [-0.1, -0.05) is 46.3 Å². The van der Waals surface area contributed by atoms with Gasteiger partial charge in [-0.2, -0.15) is 0 Å². The second-order valence-corrected chi connectivity index (χ2v) is 14.9. The molecule has 11 atom stereocenters. The third kappa shape index (κ3) is 3.51. The van der Waals surface area contributed by atoms with E-state index < -0.39 is 22.9 Å². The van der Waals surface area contributed by atoms with Gasteiger partial charge in [0.1, 0.15) is 6.29 Å². The largest absolute Gasteiger partial charge is 0.469 e. The lowest BCUT2D eigenvalue weighted by Crippen LogP contribution is -2.67. The van der Waals surface area contributed by atoms with Crippen molar-refractivity contribution in [2.45, 2.75) is 106 Å². The Labute approximate surface area is 234 Å². The quantitative estimate of drug-likeness (QED) is 0.186. The van der Waals surface area contributed by atoms with Gasteiger partial charge in [0.25, 0.3) is 0 Å². The van der Waals surface area contributed by atoms with E-state index in [1.54, 1.807) is 6.92 Å². The average molecular weight is 541 g/mol. The Morgan fingerprint density at radius 1 is 1.00 bits per heavy atom. The first-order chi connectivity index (χ1) is 18.2. The molecular weight excluding hydrogens is 492 g/mol. The van der Waals surface area contributed by atoms with Crippen molar-refractivity contribution in [3.8, 4) is 0 Å². The van der Waals surface area contributed by atoms with Crippen molar-refractivity contribution < 1.29 is 28.7 Å². The lowest BCUT2D eigenvalue weighted by molar-refractivity contribution is -0.206. The predicted molar refractivity (Wildman–Crippen MR) is 147 cm³/mol. The molecule has 5 rings (SSSR count). The summed E-state index contributed by atoms with van der Waals surface area (Å²) in [6.07, 6.45) is 9.11. The Bertz CT molecular complexity index is 1130. The molecule has 6 nitrogen and oxygen atoms in total. The number of Topliss-reactive ketones (excluding diaryl/α,β-unsaturated/α-hetero) is 1. The lowest BCUT2D eigenvalue weighted by atomic mass is 9.33. The number of fused-ring (bicyclic) bond motifs is 7. The normalized spacial score (nSPS) is 50.8. The van der Waals surface area contributed by atoms with Crippen LogP contribution in [0.3, 0.4) is 0 Å². The van der Waals surface area contributed by atoms with Gasteiger partial charge in [0, 0.05) is 6.92 Å². The number of hydrogen-bond acceptors (Lipinski definition) is 6. The molecule has 0 radical (unpaired) electrons. The number of rotatable bonds is 3. The summed E-state index contributed by atoms with van der Waals surface area (Å²) in [7, 11) is 1.54. The summed E-state index contributed by atoms with van der Waals surface area (Å²) < 4.78 is 11.1. The lowest BCUT2D eigenvalue weighted by Gasteiger charge is -2.70. The molecule has 0 aliphatic heterocycles. The maximum Gasteiger partial charge on any atom is 0.312 e. The summed E-state index contributed by atoms with van der Waals surface area (Å²) in [6.45, 7) is 14.9. The monoisotopic (exact) mass is 540 g/mol. The van der Waals surface area contributed by atoms with Crippen LogP contribution in [0.5, 0.6) is 0 Å². The Hall–Kier alpha value is -1.98. The molecule has 39 heavy (non-hydrogen) atoms. The van der Waals surface area contributed by atoms with Gasteiger partial charge in [0.05, 0.1) is 17.9 Å². The molecule has 0 aromatic carbocycles. The predicted octanol–water partition coefficient (Wildman–Crippen LogP) is 6.11. The number of hydrogen-bond donors (Lipinski definition) is 0. The second-order valence-electron chi connectivity index (χ2n) is 14.9. The Morgan fingerprint density at radius 2 is 1.69 bits per heavy atom. The number of esters is 2. The molecule has 5 aliphatic carbocycles. The van der Waals surface area contributed by atoms with Crippen LogP contribution < -0.4 is 0 Å². The summed E-state index contributed by atoms with van der Waals surface area (Å²) in [5.41, 5.74) is -0.697. The van der Waals surface area contributed by atoms with E-state index in [1.165, 1.54) is 19.6 Å². The molecule has 4 fully saturated rings. The molecule has 216 valence electrons. The molecule has 0 unspecified atom stereocenters. The van der Waals surface area contributed by atoms with Crippen LogP contribution in [0.2, 0.25) is 0 Å². The van der Waals surface area contributed by atoms with Gasteiger partial charge in [-0.3, -0.25) is 14.4 Å². The fourth-order valence-corrected chi connectivity index (χ4v) is 11.1. The summed E-state index contributed by atoms with van der Waals surface area (Å²) in [4.78, 5) is 51.6. The van der Waals surface area contributed by atoms with E-state index in [2.05, 4.69) is 40.7 Å². The van der Waals surface area contributed by atoms with Gasteiger partial charge in [-0.05, 0) is 104 Å². The molecule has 0 amide bonds. The first-order valence-corrected chi connectivity index (χ1v) is 15.1. The topological polar surface area (TPSA) is 86.7 Å². The molecule has 6 heteroatoms. The highest BCUT2D eigenvalue weighted by Gasteiger charge is 2.71. The standard InChI is InChI=1S/C33H48O6/c1-19-11-14-33(28(37)38-8)16-15-31(6)22(26(33)20(19)2)9-10-25-29(4)17-23(39-21(3)35)27(36)30(5,18-34)24(29)12-13-32(25,31)7/h9,18-20,23-26H,10-17H2,1-8H3/t19-,20+,23-,24-,25-,26+,29+,30+,31-,32-,33+/m1/s1. The van der Waals surface area contributed by atoms with Crippen molar-refractivity contribution in [2.24, 2.45) is 56.7 Å². The summed E-state index contributed by atoms with van der Waals surface area (Å²) in [5, 5.41) is 0. The summed E-state index contributed by atoms with van der Waals surface area (Å²) in [5.74, 6) is 0.447. The molecule has 5 aliphatic rings. The number of allylic oxidation sites excluding steroid dienone is 2. The van der Waals surface area contributed by atoms with Crippen LogP contribution in [0.1, 0.15) is 99.8 Å². The first-order valence-electron chi connectivity index (χ1n) is 15.1. The number of ether oxygens (including phenoxy) is 2. The van der Waals surface area contributed by atoms with Crippen LogP contribution in [0.25, 0.3) is 0 Å². The number of methoxy groups -OCH3 is 1. The van der Waals surface area contributed by atoms with Crippen molar-refractivity contribution in [1.29, 1.82) is 0 Å². The Kier molecular flexibility index (Phi) is 6.59. The molecule has 0 bridgehead atoms.